The van der Waals surface area contributed by atoms with Crippen LogP contribution in [-0.2, 0) is 9.47 Å². The lowest BCUT2D eigenvalue weighted by Crippen LogP contribution is -2.26. The van der Waals surface area contributed by atoms with Crippen LogP contribution < -0.4 is 0 Å². The van der Waals surface area contributed by atoms with Crippen LogP contribution >= 0.6 is 0 Å². The molecule has 0 atom stereocenters. The van der Waals surface area contributed by atoms with Crippen LogP contribution in [0, 0.1) is 0 Å². The number of methoxy groups -OCH3 is 1. The monoisotopic (exact) mass is 234 g/mol. The van der Waals surface area contributed by atoms with Gasteiger partial charge in [0.1, 0.15) is 6.10 Å². The standard InChI is InChI=1S/C13H14O4/c1-16-12(14)10-7-2-3-8-11(10)13(15)17-9-5-4-6-9/h2-3,7-9H,4-6H2,1H3. The molecule has 1 aromatic carbocycles. The molecule has 0 saturated heterocycles. The van der Waals surface area contributed by atoms with Crippen LogP contribution in [0.1, 0.15) is 40.0 Å². The van der Waals surface area contributed by atoms with Crippen LogP contribution in [0.5, 0.6) is 0 Å². The molecule has 4 nitrogen and oxygen atoms in total. The minimum Gasteiger partial charge on any atom is -0.465 e. The van der Waals surface area contributed by atoms with E-state index in [1.54, 1.807) is 24.3 Å². The van der Waals surface area contributed by atoms with E-state index in [-0.39, 0.29) is 17.2 Å². The number of rotatable bonds is 3. The maximum Gasteiger partial charge on any atom is 0.339 e. The van der Waals surface area contributed by atoms with E-state index in [1.807, 2.05) is 0 Å². The van der Waals surface area contributed by atoms with Gasteiger partial charge in [0.25, 0.3) is 0 Å². The summed E-state index contributed by atoms with van der Waals surface area (Å²) in [5, 5.41) is 0. The zero-order chi connectivity index (χ0) is 12.3. The number of hydrogen-bond donors (Lipinski definition) is 0. The first-order valence-corrected chi connectivity index (χ1v) is 5.60. The molecule has 0 heterocycles. The molecular formula is C13H14O4. The summed E-state index contributed by atoms with van der Waals surface area (Å²) in [5.41, 5.74) is 0.519. The van der Waals surface area contributed by atoms with Crippen LogP contribution in [0.4, 0.5) is 0 Å². The first-order valence-electron chi connectivity index (χ1n) is 5.60. The van der Waals surface area contributed by atoms with Gasteiger partial charge in [-0.1, -0.05) is 12.1 Å². The lowest BCUT2D eigenvalue weighted by Gasteiger charge is -2.25. The SMILES string of the molecule is COC(=O)c1ccccc1C(=O)OC1CCC1. The van der Waals surface area contributed by atoms with Crippen molar-refractivity contribution in [3.8, 4) is 0 Å². The Kier molecular flexibility index (Phi) is 3.42. The highest BCUT2D eigenvalue weighted by molar-refractivity contribution is 6.03. The molecule has 1 saturated carbocycles. The number of hydrogen-bond acceptors (Lipinski definition) is 4. The van der Waals surface area contributed by atoms with Crippen molar-refractivity contribution in [2.75, 3.05) is 7.11 Å². The minimum absolute atomic E-state index is 0.00760. The molecule has 1 aromatic rings. The molecular weight excluding hydrogens is 220 g/mol. The topological polar surface area (TPSA) is 52.6 Å². The number of benzene rings is 1. The third-order valence-corrected chi connectivity index (χ3v) is 2.88. The summed E-state index contributed by atoms with van der Waals surface area (Å²) in [5.74, 6) is -0.971. The average molecular weight is 234 g/mol. The third-order valence-electron chi connectivity index (χ3n) is 2.88. The summed E-state index contributed by atoms with van der Waals surface area (Å²) in [6, 6.07) is 6.52. The Labute approximate surface area is 99.5 Å². The molecule has 90 valence electrons. The molecule has 4 heteroatoms. The minimum atomic E-state index is -0.522. The lowest BCUT2D eigenvalue weighted by molar-refractivity contribution is 0.00861. The molecule has 1 aliphatic rings. The van der Waals surface area contributed by atoms with Gasteiger partial charge >= 0.3 is 11.9 Å². The normalized spacial score (nSPS) is 14.9. The highest BCUT2D eigenvalue weighted by Gasteiger charge is 2.25. The van der Waals surface area contributed by atoms with Crippen molar-refractivity contribution in [2.45, 2.75) is 25.4 Å². The highest BCUT2D eigenvalue weighted by atomic mass is 16.5. The van der Waals surface area contributed by atoms with Gasteiger partial charge in [0, 0.05) is 0 Å². The van der Waals surface area contributed by atoms with Crippen LogP contribution in [0.15, 0.2) is 24.3 Å². The van der Waals surface area contributed by atoms with Gasteiger partial charge in [-0.2, -0.15) is 0 Å². The second-order valence-electron chi connectivity index (χ2n) is 4.00. The maximum atomic E-state index is 11.9. The molecule has 17 heavy (non-hydrogen) atoms. The van der Waals surface area contributed by atoms with Gasteiger partial charge in [0.15, 0.2) is 0 Å². The van der Waals surface area contributed by atoms with Crippen molar-refractivity contribution >= 4 is 11.9 Å². The van der Waals surface area contributed by atoms with E-state index in [0.29, 0.717) is 0 Å². The van der Waals surface area contributed by atoms with Crippen molar-refractivity contribution in [1.82, 2.24) is 0 Å². The molecule has 0 aliphatic heterocycles. The number of esters is 2. The second-order valence-corrected chi connectivity index (χ2v) is 4.00. The first kappa shape index (κ1) is 11.6. The largest absolute Gasteiger partial charge is 0.465 e. The Morgan fingerprint density at radius 3 is 2.18 bits per heavy atom. The van der Waals surface area contributed by atoms with Crippen molar-refractivity contribution in [3.63, 3.8) is 0 Å². The quantitative estimate of drug-likeness (QED) is 0.752. The number of carbonyl (C=O) groups is 2. The van der Waals surface area contributed by atoms with Crippen LogP contribution in [0.2, 0.25) is 0 Å². The zero-order valence-electron chi connectivity index (χ0n) is 9.64. The van der Waals surface area contributed by atoms with Gasteiger partial charge < -0.3 is 9.47 Å². The summed E-state index contributed by atoms with van der Waals surface area (Å²) in [6.07, 6.45) is 2.92. The molecule has 0 N–H and O–H groups in total. The van der Waals surface area contributed by atoms with Gasteiger partial charge in [0.05, 0.1) is 18.2 Å². The Balaban J connectivity index is 2.18. The van der Waals surface area contributed by atoms with Gasteiger partial charge in [-0.15, -0.1) is 0 Å². The van der Waals surface area contributed by atoms with E-state index in [9.17, 15) is 9.59 Å². The van der Waals surface area contributed by atoms with E-state index in [1.165, 1.54) is 7.11 Å². The molecule has 0 amide bonds. The second kappa shape index (κ2) is 4.99. The molecule has 1 aliphatic carbocycles. The van der Waals surface area contributed by atoms with E-state index in [4.69, 9.17) is 4.74 Å². The summed E-state index contributed by atoms with van der Waals surface area (Å²) in [6.45, 7) is 0. The van der Waals surface area contributed by atoms with Crippen molar-refractivity contribution < 1.29 is 19.1 Å². The fraction of sp³-hybridized carbons (Fsp3) is 0.385. The van der Waals surface area contributed by atoms with Crippen molar-refractivity contribution in [1.29, 1.82) is 0 Å². The molecule has 0 unspecified atom stereocenters. The fourth-order valence-corrected chi connectivity index (χ4v) is 1.65. The Morgan fingerprint density at radius 1 is 1.12 bits per heavy atom. The third kappa shape index (κ3) is 2.46. The molecule has 0 radical (unpaired) electrons. The molecule has 0 aromatic heterocycles. The Hall–Kier alpha value is -1.84. The molecule has 0 spiro atoms. The number of carbonyl (C=O) groups excluding carboxylic acids is 2. The highest BCUT2D eigenvalue weighted by Crippen LogP contribution is 2.24. The van der Waals surface area contributed by atoms with Gasteiger partial charge in [-0.25, -0.2) is 9.59 Å². The lowest BCUT2D eigenvalue weighted by atomic mass is 9.96. The van der Waals surface area contributed by atoms with E-state index in [0.717, 1.165) is 19.3 Å². The summed E-state index contributed by atoms with van der Waals surface area (Å²) in [7, 11) is 1.29. The van der Waals surface area contributed by atoms with Crippen LogP contribution in [0.3, 0.4) is 0 Å². The van der Waals surface area contributed by atoms with Crippen molar-refractivity contribution in [3.05, 3.63) is 35.4 Å². The van der Waals surface area contributed by atoms with Gasteiger partial charge in [-0.3, -0.25) is 0 Å². The molecule has 0 bridgehead atoms. The summed E-state index contributed by atoms with van der Waals surface area (Å²) >= 11 is 0. The van der Waals surface area contributed by atoms with Crippen molar-refractivity contribution in [2.24, 2.45) is 0 Å². The smallest absolute Gasteiger partial charge is 0.339 e. The summed E-state index contributed by atoms with van der Waals surface area (Å²) < 4.78 is 9.89. The zero-order valence-corrected chi connectivity index (χ0v) is 9.64. The molecule has 2 rings (SSSR count). The van der Waals surface area contributed by atoms with Gasteiger partial charge in [-0.05, 0) is 31.4 Å². The van der Waals surface area contributed by atoms with E-state index in [2.05, 4.69) is 4.74 Å². The average Bonchev–Trinajstić information content (AvgIpc) is 2.32. The van der Waals surface area contributed by atoms with Gasteiger partial charge in [0.2, 0.25) is 0 Å². The summed E-state index contributed by atoms with van der Waals surface area (Å²) in [4.78, 5) is 23.3. The Bertz CT molecular complexity index is 435. The van der Waals surface area contributed by atoms with Crippen LogP contribution in [-0.4, -0.2) is 25.2 Å². The fourth-order valence-electron chi connectivity index (χ4n) is 1.65. The predicted octanol–water partition coefficient (Wildman–Crippen LogP) is 2.18. The predicted molar refractivity (Wildman–Crippen MR) is 60.8 cm³/mol. The van der Waals surface area contributed by atoms with E-state index >= 15 is 0 Å². The molecule has 1 fully saturated rings. The first-order chi connectivity index (χ1) is 8.22. The van der Waals surface area contributed by atoms with Crippen LogP contribution in [0.25, 0.3) is 0 Å². The number of ether oxygens (including phenoxy) is 2. The van der Waals surface area contributed by atoms with E-state index < -0.39 is 11.9 Å². The maximum absolute atomic E-state index is 11.9. The Morgan fingerprint density at radius 2 is 1.71 bits per heavy atom.